The van der Waals surface area contributed by atoms with E-state index in [1.807, 2.05) is 11.4 Å². The third-order valence-corrected chi connectivity index (χ3v) is 3.84. The smallest absolute Gasteiger partial charge is 0.374 e. The number of hydrogen-bond acceptors (Lipinski definition) is 6. The molecule has 0 radical (unpaired) electrons. The summed E-state index contributed by atoms with van der Waals surface area (Å²) in [5.74, 6) is -0.0621. The second-order valence-electron chi connectivity index (χ2n) is 4.14. The molecule has 0 fully saturated rings. The monoisotopic (exact) mass is 305 g/mol. The van der Waals surface area contributed by atoms with Crippen LogP contribution in [0.3, 0.4) is 0 Å². The summed E-state index contributed by atoms with van der Waals surface area (Å²) >= 11 is 1.32. The lowest BCUT2D eigenvalue weighted by Gasteiger charge is -2.09. The zero-order valence-electron chi connectivity index (χ0n) is 11.2. The van der Waals surface area contributed by atoms with E-state index in [0.717, 1.165) is 5.56 Å². The number of ether oxygens (including phenoxy) is 2. The van der Waals surface area contributed by atoms with Crippen LogP contribution in [-0.2, 0) is 0 Å². The summed E-state index contributed by atoms with van der Waals surface area (Å²) in [6.45, 7) is 0. The van der Waals surface area contributed by atoms with Crippen molar-refractivity contribution in [2.45, 2.75) is 0 Å². The minimum atomic E-state index is -1.12. The Balaban J connectivity index is 2.20. The highest BCUT2D eigenvalue weighted by Crippen LogP contribution is 2.34. The molecule has 2 heterocycles. The molecule has 0 amide bonds. The maximum Gasteiger partial charge on any atom is 0.374 e. The van der Waals surface area contributed by atoms with E-state index < -0.39 is 5.97 Å². The number of methoxy groups -OCH3 is 2. The van der Waals surface area contributed by atoms with Crippen molar-refractivity contribution < 1.29 is 19.4 Å². The molecule has 1 aromatic carbocycles. The van der Waals surface area contributed by atoms with Gasteiger partial charge in [0.25, 0.3) is 0 Å². The van der Waals surface area contributed by atoms with Crippen molar-refractivity contribution in [3.63, 3.8) is 0 Å². The molecule has 2 aromatic heterocycles. The maximum atomic E-state index is 11.2. The molecular formula is C13H11N3O4S. The number of thiazole rings is 1. The predicted molar refractivity (Wildman–Crippen MR) is 76.4 cm³/mol. The Hall–Kier alpha value is -2.61. The first-order chi connectivity index (χ1) is 10.2. The summed E-state index contributed by atoms with van der Waals surface area (Å²) in [4.78, 5) is 11.7. The molecular weight excluding hydrogens is 294 g/mol. The summed E-state index contributed by atoms with van der Waals surface area (Å²) in [6.07, 6.45) is 0. The van der Waals surface area contributed by atoms with Crippen LogP contribution >= 0.6 is 11.3 Å². The summed E-state index contributed by atoms with van der Waals surface area (Å²) in [5.41, 5.74) is 1.49. The Morgan fingerprint density at radius 1 is 1.24 bits per heavy atom. The van der Waals surface area contributed by atoms with Gasteiger partial charge >= 0.3 is 5.97 Å². The van der Waals surface area contributed by atoms with E-state index in [0.29, 0.717) is 22.2 Å². The van der Waals surface area contributed by atoms with Gasteiger partial charge < -0.3 is 14.6 Å². The summed E-state index contributed by atoms with van der Waals surface area (Å²) in [6, 6.07) is 5.38. The standard InChI is InChI=1S/C13H11N3O4S/c1-19-9-4-3-7(5-10(9)20-2)8-6-21-13-15-14-11(12(17)18)16(8)13/h3-6H,1-2H3,(H,17,18). The van der Waals surface area contributed by atoms with E-state index in [9.17, 15) is 9.90 Å². The third-order valence-electron chi connectivity index (χ3n) is 3.02. The molecule has 0 aliphatic carbocycles. The van der Waals surface area contributed by atoms with Gasteiger partial charge in [-0.3, -0.25) is 4.40 Å². The molecule has 8 heteroatoms. The number of fused-ring (bicyclic) bond motifs is 1. The van der Waals surface area contributed by atoms with Crippen LogP contribution in [-0.4, -0.2) is 39.9 Å². The number of aromatic nitrogens is 3. The first-order valence-electron chi connectivity index (χ1n) is 5.94. The number of rotatable bonds is 4. The Labute approximate surface area is 123 Å². The number of carboxylic acids is 1. The highest BCUT2D eigenvalue weighted by atomic mass is 32.1. The molecule has 108 valence electrons. The zero-order valence-corrected chi connectivity index (χ0v) is 12.0. The van der Waals surface area contributed by atoms with Crippen molar-refractivity contribution in [2.24, 2.45) is 0 Å². The lowest BCUT2D eigenvalue weighted by Crippen LogP contribution is -2.04. The Bertz CT molecular complexity index is 824. The average Bonchev–Trinajstić information content (AvgIpc) is 3.07. The molecule has 0 saturated heterocycles. The van der Waals surface area contributed by atoms with E-state index in [-0.39, 0.29) is 5.82 Å². The predicted octanol–water partition coefficient (Wildman–Crippen LogP) is 2.17. The number of benzene rings is 1. The van der Waals surface area contributed by atoms with Gasteiger partial charge in [0.1, 0.15) is 0 Å². The number of nitrogens with zero attached hydrogens (tertiary/aromatic N) is 3. The van der Waals surface area contributed by atoms with Crippen molar-refractivity contribution in [3.05, 3.63) is 29.4 Å². The molecule has 1 N–H and O–H groups in total. The summed E-state index contributed by atoms with van der Waals surface area (Å²) in [7, 11) is 3.11. The highest BCUT2D eigenvalue weighted by molar-refractivity contribution is 7.15. The molecule has 0 saturated carbocycles. The van der Waals surface area contributed by atoms with Crippen molar-refractivity contribution in [1.29, 1.82) is 0 Å². The van der Waals surface area contributed by atoms with E-state index in [2.05, 4.69) is 10.2 Å². The van der Waals surface area contributed by atoms with Crippen LogP contribution in [0.5, 0.6) is 11.5 Å². The van der Waals surface area contributed by atoms with Gasteiger partial charge in [0.2, 0.25) is 10.8 Å². The second kappa shape index (κ2) is 5.06. The molecule has 7 nitrogen and oxygen atoms in total. The summed E-state index contributed by atoms with van der Waals surface area (Å²) < 4.78 is 12.0. The van der Waals surface area contributed by atoms with Gasteiger partial charge in [0.15, 0.2) is 11.5 Å². The topological polar surface area (TPSA) is 86.0 Å². The molecule has 0 spiro atoms. The number of aromatic carboxylic acids is 1. The highest BCUT2D eigenvalue weighted by Gasteiger charge is 2.19. The van der Waals surface area contributed by atoms with E-state index >= 15 is 0 Å². The largest absolute Gasteiger partial charge is 0.493 e. The van der Waals surface area contributed by atoms with Gasteiger partial charge in [-0.05, 0) is 18.2 Å². The van der Waals surface area contributed by atoms with Crippen LogP contribution in [0.1, 0.15) is 10.6 Å². The summed E-state index contributed by atoms with van der Waals surface area (Å²) in [5, 5.41) is 18.6. The van der Waals surface area contributed by atoms with Gasteiger partial charge in [-0.15, -0.1) is 21.5 Å². The van der Waals surface area contributed by atoms with Crippen LogP contribution < -0.4 is 9.47 Å². The van der Waals surface area contributed by atoms with Gasteiger partial charge in [-0.25, -0.2) is 4.79 Å². The minimum absolute atomic E-state index is 0.115. The molecule has 21 heavy (non-hydrogen) atoms. The van der Waals surface area contributed by atoms with E-state index in [4.69, 9.17) is 9.47 Å². The SMILES string of the molecule is COc1ccc(-c2csc3nnc(C(=O)O)n23)cc1OC. The third kappa shape index (κ3) is 2.09. The number of carbonyl (C=O) groups is 1. The lowest BCUT2D eigenvalue weighted by atomic mass is 10.1. The average molecular weight is 305 g/mol. The van der Waals surface area contributed by atoms with Crippen LogP contribution in [0.2, 0.25) is 0 Å². The molecule has 0 unspecified atom stereocenters. The fourth-order valence-electron chi connectivity index (χ4n) is 2.06. The first kappa shape index (κ1) is 13.4. The van der Waals surface area contributed by atoms with Crippen LogP contribution in [0, 0.1) is 0 Å². The molecule has 3 aromatic rings. The van der Waals surface area contributed by atoms with Gasteiger partial charge in [-0.2, -0.15) is 0 Å². The van der Waals surface area contributed by atoms with Crippen LogP contribution in [0.25, 0.3) is 16.2 Å². The quantitative estimate of drug-likeness (QED) is 0.795. The zero-order chi connectivity index (χ0) is 15.0. The lowest BCUT2D eigenvalue weighted by molar-refractivity contribution is 0.0682. The van der Waals surface area contributed by atoms with Crippen molar-refractivity contribution in [3.8, 4) is 22.8 Å². The van der Waals surface area contributed by atoms with Crippen molar-refractivity contribution in [2.75, 3.05) is 14.2 Å². The van der Waals surface area contributed by atoms with Crippen molar-refractivity contribution >= 4 is 22.3 Å². The fraction of sp³-hybridized carbons (Fsp3) is 0.154. The number of hydrogen-bond donors (Lipinski definition) is 1. The number of carboxylic acid groups (broad SMARTS) is 1. The van der Waals surface area contributed by atoms with E-state index in [1.54, 1.807) is 26.4 Å². The normalized spacial score (nSPS) is 10.8. The van der Waals surface area contributed by atoms with Crippen molar-refractivity contribution in [1.82, 2.24) is 14.6 Å². The van der Waals surface area contributed by atoms with Gasteiger partial charge in [-0.1, -0.05) is 0 Å². The second-order valence-corrected chi connectivity index (χ2v) is 4.97. The Morgan fingerprint density at radius 2 is 2.00 bits per heavy atom. The van der Waals surface area contributed by atoms with Gasteiger partial charge in [0, 0.05) is 10.9 Å². The molecule has 0 aliphatic heterocycles. The van der Waals surface area contributed by atoms with E-state index in [1.165, 1.54) is 15.7 Å². The minimum Gasteiger partial charge on any atom is -0.493 e. The Kier molecular flexibility index (Phi) is 3.22. The van der Waals surface area contributed by atoms with Gasteiger partial charge in [0.05, 0.1) is 19.9 Å². The van der Waals surface area contributed by atoms with Crippen LogP contribution in [0.15, 0.2) is 23.6 Å². The maximum absolute atomic E-state index is 11.2. The first-order valence-corrected chi connectivity index (χ1v) is 6.82. The van der Waals surface area contributed by atoms with Crippen LogP contribution in [0.4, 0.5) is 0 Å². The molecule has 0 atom stereocenters. The fourth-order valence-corrected chi connectivity index (χ4v) is 2.89. The molecule has 0 bridgehead atoms. The molecule has 3 rings (SSSR count). The molecule has 0 aliphatic rings. The Morgan fingerprint density at radius 3 is 2.67 bits per heavy atom.